The highest BCUT2D eigenvalue weighted by Crippen LogP contribution is 2.46. The average molecular weight is 442 g/mol. The van der Waals surface area contributed by atoms with Crippen LogP contribution in [0.15, 0.2) is 59.1 Å². The fraction of sp³-hybridized carbons (Fsp3) is 0.333. The number of allylic oxidation sites excluding steroid dienone is 3. The van der Waals surface area contributed by atoms with Gasteiger partial charge in [-0.1, -0.05) is 0 Å². The number of hydrogen-bond acceptors (Lipinski definition) is 6. The first-order valence-electron chi connectivity index (χ1n) is 10.6. The molecule has 8 heteroatoms. The second-order valence-corrected chi connectivity index (χ2v) is 7.56. The average Bonchev–Trinajstić information content (AvgIpc) is 2.76. The lowest BCUT2D eigenvalue weighted by Crippen LogP contribution is -2.30. The Kier molecular flexibility index (Phi) is 6.74. The first kappa shape index (κ1) is 23.1. The molecule has 0 aliphatic heterocycles. The van der Waals surface area contributed by atoms with Crippen LogP contribution in [0.25, 0.3) is 5.57 Å². The predicted molar refractivity (Wildman–Crippen MR) is 122 cm³/mol. The van der Waals surface area contributed by atoms with Crippen LogP contribution in [0, 0.1) is 0 Å². The third-order valence-electron chi connectivity index (χ3n) is 5.80. The van der Waals surface area contributed by atoms with E-state index >= 15 is 0 Å². The maximum absolute atomic E-state index is 11.0. The molecule has 0 fully saturated rings. The number of aliphatic carboxylic acids is 1. The zero-order chi connectivity index (χ0) is 23.6. The van der Waals surface area contributed by atoms with Crippen LogP contribution in [0.4, 0.5) is 5.69 Å². The molecule has 2 aliphatic rings. The number of likely N-dealkylation sites (N-methyl/N-ethyl adjacent to an activating group) is 1. The van der Waals surface area contributed by atoms with E-state index in [1.54, 1.807) is 29.7 Å². The lowest BCUT2D eigenvalue weighted by atomic mass is 9.78. The summed E-state index contributed by atoms with van der Waals surface area (Å²) < 4.78 is 1.57. The molecule has 8 nitrogen and oxygen atoms in total. The monoisotopic (exact) mass is 441 g/mol. The van der Waals surface area contributed by atoms with Crippen molar-refractivity contribution in [2.45, 2.75) is 26.9 Å². The summed E-state index contributed by atoms with van der Waals surface area (Å²) in [6, 6.07) is 5.07. The summed E-state index contributed by atoms with van der Waals surface area (Å²) in [6.45, 7) is 7.60. The van der Waals surface area contributed by atoms with Gasteiger partial charge in [0.25, 0.3) is 0 Å². The predicted octanol–water partition coefficient (Wildman–Crippen LogP) is 2.75. The minimum atomic E-state index is -1.20. The molecule has 0 saturated heterocycles. The third kappa shape index (κ3) is 4.13. The number of aromatic hydroxyl groups is 1. The van der Waals surface area contributed by atoms with Gasteiger partial charge in [-0.25, -0.2) is 9.37 Å². The van der Waals surface area contributed by atoms with E-state index in [0.717, 1.165) is 18.8 Å². The van der Waals surface area contributed by atoms with Crippen molar-refractivity contribution >= 4 is 22.9 Å². The van der Waals surface area contributed by atoms with Gasteiger partial charge in [0, 0.05) is 53.2 Å². The van der Waals surface area contributed by atoms with Crippen LogP contribution in [-0.2, 0) is 4.79 Å². The molecular weight excluding hydrogens is 412 g/mol. The fourth-order valence-corrected chi connectivity index (χ4v) is 4.05. The van der Waals surface area contributed by atoms with E-state index in [0.29, 0.717) is 17.8 Å². The summed E-state index contributed by atoms with van der Waals surface area (Å²) in [4.78, 5) is 13.1. The maximum atomic E-state index is 11.0. The molecule has 0 radical (unpaired) electrons. The highest BCUT2D eigenvalue weighted by atomic mass is 16.4. The smallest absolute Gasteiger partial charge is 0.369 e. The van der Waals surface area contributed by atoms with Crippen molar-refractivity contribution in [3.05, 3.63) is 64.7 Å². The Balaban J connectivity index is 1.97. The Morgan fingerprint density at radius 3 is 2.25 bits per heavy atom. The van der Waals surface area contributed by atoms with Gasteiger partial charge in [0.15, 0.2) is 0 Å². The van der Waals surface area contributed by atoms with Gasteiger partial charge in [-0.2, -0.15) is 0 Å². The maximum Gasteiger partial charge on any atom is 0.369 e. The number of rotatable bonds is 7. The first-order chi connectivity index (χ1) is 15.2. The Morgan fingerprint density at radius 2 is 1.75 bits per heavy atom. The molecule has 1 aromatic rings. The van der Waals surface area contributed by atoms with Gasteiger partial charge in [0.1, 0.15) is 29.9 Å². The number of phenolic OH excluding ortho intramolecular Hbond substituents is 1. The lowest BCUT2D eigenvalue weighted by molar-refractivity contribution is -0.513. The van der Waals surface area contributed by atoms with Crippen molar-refractivity contribution < 1.29 is 34.9 Å². The number of phenols is 1. The minimum Gasteiger partial charge on any atom is -0.507 e. The van der Waals surface area contributed by atoms with Gasteiger partial charge in [-0.15, -0.1) is 0 Å². The van der Waals surface area contributed by atoms with Crippen LogP contribution in [0.1, 0.15) is 26.3 Å². The van der Waals surface area contributed by atoms with E-state index in [9.17, 15) is 25.2 Å². The van der Waals surface area contributed by atoms with E-state index < -0.39 is 12.1 Å². The van der Waals surface area contributed by atoms with Crippen molar-refractivity contribution in [2.24, 2.45) is 0 Å². The third-order valence-corrected chi connectivity index (χ3v) is 5.80. The molecule has 0 bridgehead atoms. The highest BCUT2D eigenvalue weighted by Gasteiger charge is 2.39. The normalized spacial score (nSPS) is 21.9. The zero-order valence-electron chi connectivity index (χ0n) is 18.4. The number of carboxylic acids is 1. The molecule has 5 N–H and O–H groups in total. The molecule has 3 rings (SSSR count). The standard InChI is InChI=1S/C24H28N2O6/c1-4-25(5-2)14-7-9-16(18(27)11-14)21-23(31)22(24(21)32)17-10-8-15(12-19(17)28)26(6-3)13-20(29)30/h7-12,23,31H,4-6,13H2,1-3H3,(H3,27,28,29,30,32)/p+1. The van der Waals surface area contributed by atoms with Crippen molar-refractivity contribution in [3.8, 4) is 5.75 Å². The highest BCUT2D eigenvalue weighted by molar-refractivity contribution is 6.04. The molecule has 1 atom stereocenters. The number of hydrogen-bond donors (Lipinski definition) is 5. The number of benzene rings is 1. The van der Waals surface area contributed by atoms with E-state index in [2.05, 4.69) is 4.90 Å². The molecule has 1 aromatic carbocycles. The molecule has 0 saturated carbocycles. The Bertz CT molecular complexity index is 1090. The van der Waals surface area contributed by atoms with Gasteiger partial charge in [-0.05, 0) is 39.0 Å². The second-order valence-electron chi connectivity index (χ2n) is 7.56. The molecule has 0 amide bonds. The van der Waals surface area contributed by atoms with Gasteiger partial charge in [0.2, 0.25) is 12.3 Å². The summed E-state index contributed by atoms with van der Waals surface area (Å²) in [5.41, 5.74) is 2.26. The van der Waals surface area contributed by atoms with Gasteiger partial charge < -0.3 is 30.4 Å². The van der Waals surface area contributed by atoms with E-state index in [1.165, 1.54) is 12.2 Å². The SMILES string of the molecule is CCN(CC)c1ccc(C2=C(O)C(=C3C=CC(=[N+](CC)CC(=O)O)C=C3O)C2O)c(O)c1. The quantitative estimate of drug-likeness (QED) is 0.412. The fourth-order valence-electron chi connectivity index (χ4n) is 4.05. The molecule has 1 unspecified atom stereocenters. The number of nitrogens with zero attached hydrogens (tertiary/aromatic N) is 2. The van der Waals surface area contributed by atoms with Crippen LogP contribution in [0.5, 0.6) is 5.75 Å². The van der Waals surface area contributed by atoms with E-state index in [1.807, 2.05) is 19.9 Å². The summed E-state index contributed by atoms with van der Waals surface area (Å²) in [6.07, 6.45) is 3.37. The largest absolute Gasteiger partial charge is 0.507 e. The molecule has 0 heterocycles. The zero-order valence-corrected chi connectivity index (χ0v) is 18.4. The van der Waals surface area contributed by atoms with Crippen LogP contribution >= 0.6 is 0 Å². The summed E-state index contributed by atoms with van der Waals surface area (Å²) >= 11 is 0. The van der Waals surface area contributed by atoms with Crippen molar-refractivity contribution in [3.63, 3.8) is 0 Å². The summed E-state index contributed by atoms with van der Waals surface area (Å²) in [7, 11) is 0. The lowest BCUT2D eigenvalue weighted by Gasteiger charge is -2.32. The Labute approximate surface area is 186 Å². The molecule has 0 aromatic heterocycles. The molecular formula is C24H29N2O6+. The van der Waals surface area contributed by atoms with E-state index in [4.69, 9.17) is 5.11 Å². The van der Waals surface area contributed by atoms with Crippen LogP contribution < -0.4 is 4.90 Å². The first-order valence-corrected chi connectivity index (χ1v) is 10.6. The van der Waals surface area contributed by atoms with Crippen molar-refractivity contribution in [1.29, 1.82) is 0 Å². The topological polar surface area (TPSA) is 124 Å². The molecule has 0 spiro atoms. The molecule has 2 aliphatic carbocycles. The molecule has 170 valence electrons. The van der Waals surface area contributed by atoms with Gasteiger partial charge in [0.05, 0.1) is 6.08 Å². The van der Waals surface area contributed by atoms with Gasteiger partial charge >= 0.3 is 5.97 Å². The number of aliphatic hydroxyl groups is 3. The Hall–Kier alpha value is -3.52. The van der Waals surface area contributed by atoms with Crippen molar-refractivity contribution in [1.82, 2.24) is 0 Å². The van der Waals surface area contributed by atoms with Crippen molar-refractivity contribution in [2.75, 3.05) is 31.1 Å². The van der Waals surface area contributed by atoms with E-state index in [-0.39, 0.29) is 40.5 Å². The molecule has 32 heavy (non-hydrogen) atoms. The number of anilines is 1. The number of carbonyl (C=O) groups is 1. The van der Waals surface area contributed by atoms with Crippen LogP contribution in [0.3, 0.4) is 0 Å². The summed E-state index contributed by atoms with van der Waals surface area (Å²) in [5.74, 6) is -1.44. The van der Waals surface area contributed by atoms with Crippen LogP contribution in [-0.4, -0.2) is 74.1 Å². The van der Waals surface area contributed by atoms with Gasteiger partial charge in [-0.3, -0.25) is 0 Å². The number of carboxylic acid groups (broad SMARTS) is 1. The second kappa shape index (κ2) is 9.32. The summed E-state index contributed by atoms with van der Waals surface area (Å²) in [5, 5.41) is 51.5. The number of aliphatic hydroxyl groups excluding tert-OH is 3. The Morgan fingerprint density at radius 1 is 1.06 bits per heavy atom. The minimum absolute atomic E-state index is 0.0547. The van der Waals surface area contributed by atoms with Crippen LogP contribution in [0.2, 0.25) is 0 Å².